The van der Waals surface area contributed by atoms with Crippen LogP contribution in [0.3, 0.4) is 0 Å². The fourth-order valence-electron chi connectivity index (χ4n) is 3.32. The number of ether oxygens (including phenoxy) is 1. The second-order valence-electron chi connectivity index (χ2n) is 7.00. The van der Waals surface area contributed by atoms with Crippen LogP contribution in [-0.2, 0) is 6.42 Å². The van der Waals surface area contributed by atoms with Crippen molar-refractivity contribution in [1.82, 2.24) is 15.3 Å². The van der Waals surface area contributed by atoms with Crippen LogP contribution in [-0.4, -0.2) is 41.8 Å². The van der Waals surface area contributed by atoms with Crippen LogP contribution in [0.4, 0.5) is 0 Å². The number of nitrogens with zero attached hydrogens (tertiary/aromatic N) is 5. The van der Waals surface area contributed by atoms with E-state index in [2.05, 4.69) is 26.4 Å². The van der Waals surface area contributed by atoms with E-state index >= 15 is 0 Å². The minimum Gasteiger partial charge on any atom is -0.497 e. The van der Waals surface area contributed by atoms with Crippen LogP contribution in [0.1, 0.15) is 22.9 Å². The molecule has 1 aliphatic rings. The van der Waals surface area contributed by atoms with E-state index in [1.54, 1.807) is 24.6 Å². The van der Waals surface area contributed by atoms with Crippen molar-refractivity contribution >= 4 is 23.0 Å². The van der Waals surface area contributed by atoms with Gasteiger partial charge in [0, 0.05) is 35.6 Å². The van der Waals surface area contributed by atoms with E-state index < -0.39 is 0 Å². The number of rotatable bonds is 7. The molecular formula is C23H22N6OS. The zero-order chi connectivity index (χ0) is 21.5. The number of methoxy groups -OCH3 is 1. The molecule has 0 aliphatic carbocycles. The summed E-state index contributed by atoms with van der Waals surface area (Å²) < 4.78 is 5.31. The summed E-state index contributed by atoms with van der Waals surface area (Å²) in [4.78, 5) is 18.2. The summed E-state index contributed by atoms with van der Waals surface area (Å²) in [6, 6.07) is 14.0. The van der Waals surface area contributed by atoms with Gasteiger partial charge < -0.3 is 10.1 Å². The van der Waals surface area contributed by atoms with Gasteiger partial charge in [-0.05, 0) is 30.2 Å². The van der Waals surface area contributed by atoms with Crippen LogP contribution >= 0.6 is 11.3 Å². The van der Waals surface area contributed by atoms with E-state index in [1.165, 1.54) is 0 Å². The molecule has 7 nitrogen and oxygen atoms in total. The Bertz CT molecular complexity index is 1130. The van der Waals surface area contributed by atoms with Crippen LogP contribution in [0.2, 0.25) is 0 Å². The van der Waals surface area contributed by atoms with Crippen LogP contribution in [0, 0.1) is 11.3 Å². The molecule has 1 aliphatic heterocycles. The van der Waals surface area contributed by atoms with E-state index in [-0.39, 0.29) is 12.3 Å². The standard InChI is InChI=1S/C23H22N6OS/c1-30-18-6-2-5-17(12-18)21-15-31-22(28-21)19-14-27-23(29-20(19)7-9-24)26-11-8-16-4-3-10-25-13-16/h2-6,10,12-13,15,19H,7-8,11,14H2,1H3,(H,26,27). The van der Waals surface area contributed by atoms with Crippen molar-refractivity contribution in [3.05, 3.63) is 64.7 Å². The number of hydrogen-bond acceptors (Lipinski definition) is 8. The first-order chi connectivity index (χ1) is 15.3. The van der Waals surface area contributed by atoms with Gasteiger partial charge in [0.05, 0.1) is 37.8 Å². The molecule has 1 aromatic carbocycles. The number of aromatic nitrogens is 2. The van der Waals surface area contributed by atoms with Gasteiger partial charge in [0.15, 0.2) is 0 Å². The van der Waals surface area contributed by atoms with Crippen molar-refractivity contribution in [2.24, 2.45) is 9.98 Å². The predicted molar refractivity (Wildman–Crippen MR) is 123 cm³/mol. The number of thiazole rings is 1. The Balaban J connectivity index is 1.45. The van der Waals surface area contributed by atoms with Gasteiger partial charge in [0.2, 0.25) is 5.96 Å². The van der Waals surface area contributed by atoms with Gasteiger partial charge in [-0.15, -0.1) is 11.3 Å². The maximum Gasteiger partial charge on any atom is 0.217 e. The molecule has 0 spiro atoms. The predicted octanol–water partition coefficient (Wildman–Crippen LogP) is 3.85. The highest BCUT2D eigenvalue weighted by Gasteiger charge is 2.25. The summed E-state index contributed by atoms with van der Waals surface area (Å²) in [5.41, 5.74) is 3.84. The molecule has 4 rings (SSSR count). The Morgan fingerprint density at radius 2 is 2.23 bits per heavy atom. The molecule has 0 saturated heterocycles. The smallest absolute Gasteiger partial charge is 0.217 e. The lowest BCUT2D eigenvalue weighted by atomic mass is 10.0. The zero-order valence-corrected chi connectivity index (χ0v) is 18.0. The van der Waals surface area contributed by atoms with Gasteiger partial charge in [-0.3, -0.25) is 9.98 Å². The fourth-order valence-corrected chi connectivity index (χ4v) is 4.27. The van der Waals surface area contributed by atoms with Crippen LogP contribution in [0.15, 0.2) is 64.2 Å². The second-order valence-corrected chi connectivity index (χ2v) is 7.89. The lowest BCUT2D eigenvalue weighted by molar-refractivity contribution is 0.415. The van der Waals surface area contributed by atoms with Crippen molar-refractivity contribution in [1.29, 1.82) is 5.26 Å². The van der Waals surface area contributed by atoms with E-state index in [9.17, 15) is 5.26 Å². The number of aliphatic imine (C=N–C) groups is 2. The summed E-state index contributed by atoms with van der Waals surface area (Å²) in [6.45, 7) is 1.23. The Morgan fingerprint density at radius 3 is 3.03 bits per heavy atom. The highest BCUT2D eigenvalue weighted by atomic mass is 32.1. The van der Waals surface area contributed by atoms with Crippen molar-refractivity contribution in [3.8, 4) is 23.1 Å². The quantitative estimate of drug-likeness (QED) is 0.614. The third kappa shape index (κ3) is 5.13. The van der Waals surface area contributed by atoms with Gasteiger partial charge in [0.25, 0.3) is 0 Å². The molecule has 0 radical (unpaired) electrons. The molecule has 2 aromatic heterocycles. The number of guanidine groups is 1. The number of benzene rings is 1. The first-order valence-corrected chi connectivity index (χ1v) is 10.9. The van der Waals surface area contributed by atoms with E-state index in [1.807, 2.05) is 48.0 Å². The van der Waals surface area contributed by atoms with Gasteiger partial charge in [0.1, 0.15) is 10.8 Å². The molecule has 156 valence electrons. The first-order valence-electron chi connectivity index (χ1n) is 9.98. The molecule has 0 saturated carbocycles. The summed E-state index contributed by atoms with van der Waals surface area (Å²) >= 11 is 1.57. The highest BCUT2D eigenvalue weighted by molar-refractivity contribution is 7.10. The minimum atomic E-state index is -0.0760. The van der Waals surface area contributed by atoms with E-state index in [4.69, 9.17) is 9.72 Å². The Morgan fingerprint density at radius 1 is 1.29 bits per heavy atom. The SMILES string of the molecule is COc1cccc(-c2csc(C3CN=C(NCCc4cccnc4)N=C3CC#N)n2)c1. The maximum absolute atomic E-state index is 9.31. The second kappa shape index (κ2) is 9.96. The van der Waals surface area contributed by atoms with Crippen LogP contribution in [0.5, 0.6) is 5.75 Å². The summed E-state index contributed by atoms with van der Waals surface area (Å²) in [7, 11) is 1.65. The zero-order valence-electron chi connectivity index (χ0n) is 17.2. The monoisotopic (exact) mass is 430 g/mol. The normalized spacial score (nSPS) is 15.5. The third-order valence-corrected chi connectivity index (χ3v) is 5.90. The van der Waals surface area contributed by atoms with Gasteiger partial charge in [-0.1, -0.05) is 18.2 Å². The van der Waals surface area contributed by atoms with Crippen LogP contribution in [0.25, 0.3) is 11.3 Å². The molecule has 0 fully saturated rings. The molecule has 0 bridgehead atoms. The average molecular weight is 431 g/mol. The largest absolute Gasteiger partial charge is 0.497 e. The molecular weight excluding hydrogens is 408 g/mol. The number of hydrogen-bond donors (Lipinski definition) is 1. The Labute approximate surface area is 185 Å². The van der Waals surface area contributed by atoms with Crippen LogP contribution < -0.4 is 10.1 Å². The molecule has 0 amide bonds. The average Bonchev–Trinajstić information content (AvgIpc) is 3.30. The topological polar surface area (TPSA) is 95.5 Å². The van der Waals surface area contributed by atoms with Crippen molar-refractivity contribution in [3.63, 3.8) is 0 Å². The Hall–Kier alpha value is -3.57. The van der Waals surface area contributed by atoms with Gasteiger partial charge in [-0.2, -0.15) is 5.26 Å². The summed E-state index contributed by atoms with van der Waals surface area (Å²) in [5, 5.41) is 15.5. The molecule has 1 unspecified atom stereocenters. The maximum atomic E-state index is 9.31. The van der Waals surface area contributed by atoms with Crippen molar-refractivity contribution in [2.75, 3.05) is 20.2 Å². The van der Waals surface area contributed by atoms with Crippen molar-refractivity contribution in [2.45, 2.75) is 18.8 Å². The number of nitrogens with one attached hydrogen (secondary N) is 1. The lowest BCUT2D eigenvalue weighted by Crippen LogP contribution is -2.31. The highest BCUT2D eigenvalue weighted by Crippen LogP contribution is 2.31. The first kappa shape index (κ1) is 20.7. The molecule has 3 heterocycles. The van der Waals surface area contributed by atoms with E-state index in [0.29, 0.717) is 19.0 Å². The van der Waals surface area contributed by atoms with E-state index in [0.717, 1.165) is 39.7 Å². The lowest BCUT2D eigenvalue weighted by Gasteiger charge is -2.19. The molecule has 1 atom stereocenters. The third-order valence-electron chi connectivity index (χ3n) is 4.94. The van der Waals surface area contributed by atoms with Gasteiger partial charge >= 0.3 is 0 Å². The van der Waals surface area contributed by atoms with Gasteiger partial charge in [-0.25, -0.2) is 9.98 Å². The summed E-state index contributed by atoms with van der Waals surface area (Å²) in [6.07, 6.45) is 4.70. The molecule has 3 aromatic rings. The molecule has 31 heavy (non-hydrogen) atoms. The fraction of sp³-hybridized carbons (Fsp3) is 0.261. The number of pyridine rings is 1. The summed E-state index contributed by atoms with van der Waals surface area (Å²) in [5.74, 6) is 1.30. The molecule has 1 N–H and O–H groups in total. The molecule has 8 heteroatoms. The Kier molecular flexibility index (Phi) is 6.65. The minimum absolute atomic E-state index is 0.0760. The van der Waals surface area contributed by atoms with Crippen molar-refractivity contribution < 1.29 is 4.74 Å². The number of nitriles is 1.